The number of aliphatic hydroxyl groups excluding tert-OH is 1. The number of nitrogens with zero attached hydrogens (tertiary/aromatic N) is 2. The van der Waals surface area contributed by atoms with Crippen LogP contribution in [0.3, 0.4) is 0 Å². The molecule has 0 radical (unpaired) electrons. The molecule has 0 amide bonds. The minimum Gasteiger partial charge on any atom is -0.504 e. The third-order valence-corrected chi connectivity index (χ3v) is 1.78. The van der Waals surface area contributed by atoms with E-state index in [1.165, 1.54) is 0 Å². The molecule has 0 aromatic carbocycles. The van der Waals surface area contributed by atoms with Crippen LogP contribution in [0, 0.1) is 28.6 Å². The molecule has 1 rings (SSSR count). The second-order valence-corrected chi connectivity index (χ2v) is 2.62. The molecule has 1 aliphatic rings. The summed E-state index contributed by atoms with van der Waals surface area (Å²) in [7, 11) is 0. The maximum atomic E-state index is 11.2. The van der Waals surface area contributed by atoms with E-state index in [1.54, 1.807) is 12.1 Å². The number of carbonyl (C=O) groups excluding carboxylic acids is 1. The fraction of sp³-hybridized carbons (Fsp3) is 0.375. The molecule has 0 bridgehead atoms. The summed E-state index contributed by atoms with van der Waals surface area (Å²) in [4.78, 5) is 11.2. The number of allylic oxidation sites excluding steroid dienone is 1. The van der Waals surface area contributed by atoms with Crippen LogP contribution < -0.4 is 5.32 Å². The number of hydrogen-bond acceptors (Lipinski definition) is 5. The lowest BCUT2D eigenvalue weighted by Gasteiger charge is -2.01. The fourth-order valence-electron chi connectivity index (χ4n) is 1.03. The van der Waals surface area contributed by atoms with Crippen LogP contribution in [0.15, 0.2) is 11.3 Å². The van der Waals surface area contributed by atoms with Gasteiger partial charge in [-0.05, 0) is 0 Å². The van der Waals surface area contributed by atoms with Crippen molar-refractivity contribution in [2.24, 2.45) is 5.92 Å². The largest absolute Gasteiger partial charge is 0.504 e. The number of nitriles is 2. The van der Waals surface area contributed by atoms with Crippen molar-refractivity contribution < 1.29 is 9.90 Å². The summed E-state index contributed by atoms with van der Waals surface area (Å²) in [6.07, 6.45) is 0. The second kappa shape index (κ2) is 3.70. The van der Waals surface area contributed by atoms with Crippen LogP contribution in [0.2, 0.25) is 0 Å². The van der Waals surface area contributed by atoms with Crippen LogP contribution in [0.4, 0.5) is 0 Å². The Balaban J connectivity index is 3.04. The summed E-state index contributed by atoms with van der Waals surface area (Å²) in [5.41, 5.74) is -0.0113. The molecule has 0 aliphatic carbocycles. The molecule has 13 heavy (non-hydrogen) atoms. The molecule has 0 saturated carbocycles. The van der Waals surface area contributed by atoms with Crippen LogP contribution in [0.25, 0.3) is 0 Å². The van der Waals surface area contributed by atoms with Gasteiger partial charge in [0.05, 0.1) is 11.6 Å². The van der Waals surface area contributed by atoms with E-state index in [4.69, 9.17) is 10.5 Å². The van der Waals surface area contributed by atoms with Crippen molar-refractivity contribution in [3.63, 3.8) is 0 Å². The minimum atomic E-state index is -0.897. The molecule has 1 heterocycles. The summed E-state index contributed by atoms with van der Waals surface area (Å²) in [5.74, 6) is -2.16. The Bertz CT molecular complexity index is 345. The molecule has 0 aromatic rings. The molecule has 5 nitrogen and oxygen atoms in total. The zero-order valence-electron chi connectivity index (χ0n) is 6.74. The Labute approximate surface area is 74.9 Å². The van der Waals surface area contributed by atoms with Crippen molar-refractivity contribution in [3.8, 4) is 12.1 Å². The highest BCUT2D eigenvalue weighted by atomic mass is 16.3. The van der Waals surface area contributed by atoms with Gasteiger partial charge < -0.3 is 10.4 Å². The number of Topliss-reactive ketones (excluding diaryl/α,β-unsaturated/α-hetero) is 1. The van der Waals surface area contributed by atoms with E-state index in [-0.39, 0.29) is 18.7 Å². The van der Waals surface area contributed by atoms with Crippen molar-refractivity contribution in [3.05, 3.63) is 11.3 Å². The van der Waals surface area contributed by atoms with Gasteiger partial charge in [-0.1, -0.05) is 0 Å². The SMILES string of the molecule is N#CC1=C(O)C(=O)C(C#N)CNC1. The van der Waals surface area contributed by atoms with Crippen molar-refractivity contribution >= 4 is 5.78 Å². The number of aliphatic hydroxyl groups is 1. The van der Waals surface area contributed by atoms with Crippen LogP contribution >= 0.6 is 0 Å². The summed E-state index contributed by atoms with van der Waals surface area (Å²) in [6.45, 7) is 0.302. The predicted octanol–water partition coefficient (Wildman–Crippen LogP) is -0.366. The summed E-state index contributed by atoms with van der Waals surface area (Å²) in [6, 6.07) is 3.46. The van der Waals surface area contributed by atoms with Crippen LogP contribution in [0.5, 0.6) is 0 Å². The second-order valence-electron chi connectivity index (χ2n) is 2.62. The first-order valence-corrected chi connectivity index (χ1v) is 3.67. The smallest absolute Gasteiger partial charge is 0.216 e. The lowest BCUT2D eigenvalue weighted by molar-refractivity contribution is -0.119. The van der Waals surface area contributed by atoms with Gasteiger partial charge in [0.15, 0.2) is 5.76 Å². The third kappa shape index (κ3) is 1.66. The summed E-state index contributed by atoms with van der Waals surface area (Å²) < 4.78 is 0. The molecule has 1 aliphatic heterocycles. The maximum absolute atomic E-state index is 11.2. The highest BCUT2D eigenvalue weighted by Crippen LogP contribution is 2.11. The van der Waals surface area contributed by atoms with Gasteiger partial charge >= 0.3 is 0 Å². The lowest BCUT2D eigenvalue weighted by atomic mass is 10.0. The van der Waals surface area contributed by atoms with Crippen molar-refractivity contribution in [2.45, 2.75) is 0 Å². The molecule has 0 saturated heterocycles. The first kappa shape index (κ1) is 9.24. The van der Waals surface area contributed by atoms with E-state index in [2.05, 4.69) is 5.32 Å². The van der Waals surface area contributed by atoms with Crippen molar-refractivity contribution in [1.29, 1.82) is 10.5 Å². The van der Waals surface area contributed by atoms with E-state index in [0.717, 1.165) is 0 Å². The predicted molar refractivity (Wildman–Crippen MR) is 42.2 cm³/mol. The highest BCUT2D eigenvalue weighted by Gasteiger charge is 2.27. The molecule has 2 N–H and O–H groups in total. The van der Waals surface area contributed by atoms with Crippen LogP contribution in [-0.4, -0.2) is 24.0 Å². The van der Waals surface area contributed by atoms with Gasteiger partial charge in [-0.3, -0.25) is 4.79 Å². The molecular weight excluding hydrogens is 170 g/mol. The van der Waals surface area contributed by atoms with Gasteiger partial charge in [0.1, 0.15) is 12.0 Å². The number of carbonyl (C=O) groups is 1. The molecule has 0 fully saturated rings. The average molecular weight is 177 g/mol. The van der Waals surface area contributed by atoms with Crippen molar-refractivity contribution in [1.82, 2.24) is 5.32 Å². The monoisotopic (exact) mass is 177 g/mol. The Hall–Kier alpha value is -1.85. The molecule has 0 aromatic heterocycles. The first-order valence-electron chi connectivity index (χ1n) is 3.67. The number of nitrogens with one attached hydrogen (secondary N) is 1. The zero-order chi connectivity index (χ0) is 9.84. The Morgan fingerprint density at radius 1 is 1.54 bits per heavy atom. The quantitative estimate of drug-likeness (QED) is 0.526. The molecular formula is C8H7N3O2. The molecule has 0 spiro atoms. The Morgan fingerprint density at radius 2 is 2.23 bits per heavy atom. The van der Waals surface area contributed by atoms with Gasteiger partial charge in [0.2, 0.25) is 5.78 Å². The zero-order valence-corrected chi connectivity index (χ0v) is 6.74. The number of ketones is 1. The van der Waals surface area contributed by atoms with E-state index in [0.29, 0.717) is 0 Å². The molecule has 66 valence electrons. The highest BCUT2D eigenvalue weighted by molar-refractivity contribution is 5.98. The number of hydrogen-bond donors (Lipinski definition) is 2. The first-order chi connectivity index (χ1) is 6.20. The average Bonchev–Trinajstić information content (AvgIpc) is 2.28. The molecule has 1 unspecified atom stereocenters. The van der Waals surface area contributed by atoms with Crippen LogP contribution in [-0.2, 0) is 4.79 Å². The fourth-order valence-corrected chi connectivity index (χ4v) is 1.03. The van der Waals surface area contributed by atoms with Gasteiger partial charge in [0.25, 0.3) is 0 Å². The van der Waals surface area contributed by atoms with E-state index >= 15 is 0 Å². The maximum Gasteiger partial charge on any atom is 0.216 e. The summed E-state index contributed by atoms with van der Waals surface area (Å²) >= 11 is 0. The normalized spacial score (nSPS) is 23.2. The standard InChI is InChI=1S/C8H7N3O2/c9-1-5-3-11-4-6(2-10)8(13)7(5)12/h5,11,13H,3-4H2. The van der Waals surface area contributed by atoms with Gasteiger partial charge in [-0.25, -0.2) is 0 Å². The van der Waals surface area contributed by atoms with Gasteiger partial charge in [-0.2, -0.15) is 10.5 Å². The Kier molecular flexibility index (Phi) is 2.63. The minimum absolute atomic E-state index is 0.0113. The van der Waals surface area contributed by atoms with Crippen LogP contribution in [0.1, 0.15) is 0 Å². The van der Waals surface area contributed by atoms with Crippen molar-refractivity contribution in [2.75, 3.05) is 13.1 Å². The van der Waals surface area contributed by atoms with Gasteiger partial charge in [0, 0.05) is 13.1 Å². The van der Waals surface area contributed by atoms with E-state index in [1.807, 2.05) is 0 Å². The van der Waals surface area contributed by atoms with Gasteiger partial charge in [-0.15, -0.1) is 0 Å². The Morgan fingerprint density at radius 3 is 2.77 bits per heavy atom. The van der Waals surface area contributed by atoms with E-state index in [9.17, 15) is 9.90 Å². The lowest BCUT2D eigenvalue weighted by Crippen LogP contribution is -2.25. The number of rotatable bonds is 0. The summed E-state index contributed by atoms with van der Waals surface area (Å²) in [5, 5.41) is 29.0. The molecule has 5 heteroatoms. The molecule has 1 atom stereocenters. The third-order valence-electron chi connectivity index (χ3n) is 1.78. The topological polar surface area (TPSA) is 96.9 Å². The van der Waals surface area contributed by atoms with E-state index < -0.39 is 17.5 Å².